The molecule has 0 saturated carbocycles. The third kappa shape index (κ3) is 10.3. The molecule has 190 valence electrons. The van der Waals surface area contributed by atoms with Crippen molar-refractivity contribution in [3.05, 3.63) is 83.8 Å². The van der Waals surface area contributed by atoms with Crippen molar-refractivity contribution < 1.29 is 23.9 Å². The van der Waals surface area contributed by atoms with Crippen LogP contribution in [0.15, 0.2) is 66.9 Å². The summed E-state index contributed by atoms with van der Waals surface area (Å²) < 4.78 is 13.2. The Bertz CT molecular complexity index is 1190. The van der Waals surface area contributed by atoms with Gasteiger partial charge in [-0.15, -0.1) is 0 Å². The molecule has 0 aliphatic carbocycles. The summed E-state index contributed by atoms with van der Waals surface area (Å²) in [5.74, 6) is -1.42. The normalized spacial score (nSPS) is 11.1. The first-order chi connectivity index (χ1) is 17.3. The van der Waals surface area contributed by atoms with Crippen LogP contribution in [0.1, 0.15) is 36.4 Å². The van der Waals surface area contributed by atoms with Crippen LogP contribution < -0.4 is 16.0 Å². The molecule has 3 aromatic rings. The number of anilines is 1. The van der Waals surface area contributed by atoms with E-state index in [1.165, 1.54) is 12.1 Å². The van der Waals surface area contributed by atoms with Crippen molar-refractivity contribution >= 4 is 53.2 Å². The molecule has 0 spiro atoms. The molecule has 10 heteroatoms. The number of aryl methyl sites for hydroxylation is 1. The van der Waals surface area contributed by atoms with Crippen LogP contribution in [0.3, 0.4) is 0 Å². The number of amides is 2. The molecule has 2 amide bonds. The Kier molecular flexibility index (Phi) is 12.2. The number of nitrogens with zero attached hydrogens (tertiary/aromatic N) is 1. The van der Waals surface area contributed by atoms with E-state index in [1.807, 2.05) is 19.1 Å². The van der Waals surface area contributed by atoms with Crippen LogP contribution in [-0.2, 0) is 14.4 Å². The molecular weight excluding hydrogens is 486 g/mol. The number of carbonyl (C=O) groups excluding carboxylic acids is 2. The number of carboxylic acid groups (broad SMARTS) is 1. The van der Waals surface area contributed by atoms with Crippen LogP contribution in [-0.4, -0.2) is 70.5 Å². The molecule has 8 nitrogen and oxygen atoms in total. The summed E-state index contributed by atoms with van der Waals surface area (Å²) in [6.07, 6.45) is 2.19. The average Bonchev–Trinajstić information content (AvgIpc) is 2.85. The molecular formula is C27H30FN4NaO4. The maximum atomic E-state index is 13.2. The fraction of sp³-hybridized carbons (Fsp3) is 0.259. The number of aliphatic carboxylic acids is 1. The number of hydrogen-bond donors (Lipinski definition) is 4. The van der Waals surface area contributed by atoms with Crippen LogP contribution in [0, 0.1) is 12.7 Å². The van der Waals surface area contributed by atoms with Crippen molar-refractivity contribution in [1.29, 1.82) is 0 Å². The number of nitrogens with one attached hydrogen (secondary N) is 3. The summed E-state index contributed by atoms with van der Waals surface area (Å²) >= 11 is 0. The minimum absolute atomic E-state index is 0. The van der Waals surface area contributed by atoms with Crippen molar-refractivity contribution in [3.8, 4) is 11.1 Å². The second kappa shape index (κ2) is 15.1. The number of benzene rings is 2. The molecule has 1 heterocycles. The molecule has 37 heavy (non-hydrogen) atoms. The Morgan fingerprint density at radius 2 is 1.62 bits per heavy atom. The summed E-state index contributed by atoms with van der Waals surface area (Å²) in [5.41, 5.74) is 3.34. The van der Waals surface area contributed by atoms with Gasteiger partial charge in [0.25, 0.3) is 0 Å². The van der Waals surface area contributed by atoms with E-state index in [0.717, 1.165) is 22.5 Å². The topological polar surface area (TPSA) is 120 Å². The van der Waals surface area contributed by atoms with Crippen molar-refractivity contribution in [2.75, 3.05) is 18.4 Å². The van der Waals surface area contributed by atoms with E-state index >= 15 is 0 Å². The van der Waals surface area contributed by atoms with Crippen molar-refractivity contribution in [3.63, 3.8) is 0 Å². The molecule has 2 aromatic carbocycles. The third-order valence-corrected chi connectivity index (χ3v) is 5.45. The summed E-state index contributed by atoms with van der Waals surface area (Å²) in [5, 5.41) is 17.7. The first kappa shape index (κ1) is 30.0. The molecule has 4 N–H and O–H groups in total. The summed E-state index contributed by atoms with van der Waals surface area (Å²) in [7, 11) is 0. The van der Waals surface area contributed by atoms with Crippen LogP contribution in [0.5, 0.6) is 0 Å². The number of carboxylic acids is 1. The Hall–Kier alpha value is -3.27. The molecule has 0 saturated heterocycles. The fourth-order valence-electron chi connectivity index (χ4n) is 3.59. The van der Waals surface area contributed by atoms with E-state index in [0.29, 0.717) is 18.5 Å². The van der Waals surface area contributed by atoms with Crippen molar-refractivity contribution in [1.82, 2.24) is 15.6 Å². The van der Waals surface area contributed by atoms with Gasteiger partial charge in [-0.05, 0) is 59.9 Å². The molecule has 1 atom stereocenters. The molecule has 0 aliphatic heterocycles. The SMILES string of the molecule is Cc1ccnc(NCCCC(=O)NCC(=O)NC(CC(=O)O)c2ccc(-c3ccc(F)cc3)cc2)c1.[NaH]. The zero-order valence-corrected chi connectivity index (χ0v) is 20.0. The summed E-state index contributed by atoms with van der Waals surface area (Å²) in [6.45, 7) is 2.27. The second-order valence-electron chi connectivity index (χ2n) is 8.37. The number of rotatable bonds is 12. The van der Waals surface area contributed by atoms with Gasteiger partial charge in [0.15, 0.2) is 0 Å². The standard InChI is InChI=1S/C27H29FN4O4.Na.H/c1-18-12-14-30-24(15-18)29-13-2-3-25(33)31-17-26(34)32-23(16-27(35)36)21-6-4-19(5-7-21)20-8-10-22(28)11-9-20;;/h4-12,14-15,23H,2-3,13,16-17H2,1H3,(H,29,30)(H,31,33)(H,32,34)(H,35,36);;. The van der Waals surface area contributed by atoms with E-state index in [1.54, 1.807) is 42.6 Å². The Balaban J connectivity index is 0.00000481. The van der Waals surface area contributed by atoms with Gasteiger partial charge in [0.2, 0.25) is 11.8 Å². The molecule has 1 unspecified atom stereocenters. The van der Waals surface area contributed by atoms with Crippen LogP contribution in [0.4, 0.5) is 10.2 Å². The van der Waals surface area contributed by atoms with Gasteiger partial charge in [0, 0.05) is 19.2 Å². The summed E-state index contributed by atoms with van der Waals surface area (Å²) in [6, 6.07) is 16.1. The van der Waals surface area contributed by atoms with E-state index in [2.05, 4.69) is 20.9 Å². The van der Waals surface area contributed by atoms with Gasteiger partial charge in [-0.1, -0.05) is 36.4 Å². The quantitative estimate of drug-likeness (QED) is 0.217. The number of hydrogen-bond acceptors (Lipinski definition) is 5. The predicted octanol–water partition coefficient (Wildman–Crippen LogP) is 3.19. The number of pyridine rings is 1. The third-order valence-electron chi connectivity index (χ3n) is 5.45. The predicted molar refractivity (Wildman–Crippen MR) is 142 cm³/mol. The van der Waals surface area contributed by atoms with Crippen LogP contribution in [0.2, 0.25) is 0 Å². The van der Waals surface area contributed by atoms with E-state index in [9.17, 15) is 23.9 Å². The molecule has 3 rings (SSSR count). The van der Waals surface area contributed by atoms with Gasteiger partial charge in [0.05, 0.1) is 19.0 Å². The van der Waals surface area contributed by atoms with E-state index in [4.69, 9.17) is 0 Å². The average molecular weight is 517 g/mol. The number of halogens is 1. The molecule has 1 aromatic heterocycles. The van der Waals surface area contributed by atoms with Gasteiger partial charge in [-0.2, -0.15) is 0 Å². The van der Waals surface area contributed by atoms with Crippen LogP contribution in [0.25, 0.3) is 11.1 Å². The first-order valence-corrected chi connectivity index (χ1v) is 11.6. The zero-order valence-electron chi connectivity index (χ0n) is 20.0. The van der Waals surface area contributed by atoms with Crippen molar-refractivity contribution in [2.24, 2.45) is 0 Å². The Morgan fingerprint density at radius 3 is 2.24 bits per heavy atom. The van der Waals surface area contributed by atoms with Gasteiger partial charge in [-0.25, -0.2) is 9.37 Å². The van der Waals surface area contributed by atoms with Gasteiger partial charge in [0.1, 0.15) is 11.6 Å². The Morgan fingerprint density at radius 1 is 0.973 bits per heavy atom. The van der Waals surface area contributed by atoms with E-state index < -0.39 is 17.9 Å². The second-order valence-corrected chi connectivity index (χ2v) is 8.37. The summed E-state index contributed by atoms with van der Waals surface area (Å²) in [4.78, 5) is 40.0. The minimum atomic E-state index is -1.07. The van der Waals surface area contributed by atoms with Gasteiger partial charge < -0.3 is 21.1 Å². The van der Waals surface area contributed by atoms with Gasteiger partial charge >= 0.3 is 35.5 Å². The maximum absolute atomic E-state index is 13.2. The zero-order chi connectivity index (χ0) is 25.9. The van der Waals surface area contributed by atoms with E-state index in [-0.39, 0.29) is 60.7 Å². The van der Waals surface area contributed by atoms with Gasteiger partial charge in [-0.3, -0.25) is 14.4 Å². The fourth-order valence-corrected chi connectivity index (χ4v) is 3.59. The van der Waals surface area contributed by atoms with Crippen LogP contribution >= 0.6 is 0 Å². The Labute approximate surface area is 237 Å². The monoisotopic (exact) mass is 516 g/mol. The molecule has 0 aliphatic rings. The molecule has 0 radical (unpaired) electrons. The number of carbonyl (C=O) groups is 3. The van der Waals surface area contributed by atoms with Crippen molar-refractivity contribution in [2.45, 2.75) is 32.2 Å². The molecule has 0 fully saturated rings. The number of aromatic nitrogens is 1. The molecule has 0 bridgehead atoms. The first-order valence-electron chi connectivity index (χ1n) is 11.6.